The summed E-state index contributed by atoms with van der Waals surface area (Å²) in [5.41, 5.74) is 2.02. The first-order valence-electron chi connectivity index (χ1n) is 6.76. The van der Waals surface area contributed by atoms with Crippen LogP contribution in [0.2, 0.25) is 0 Å². The van der Waals surface area contributed by atoms with Gasteiger partial charge in [0.25, 0.3) is 0 Å². The molecule has 0 aliphatic rings. The van der Waals surface area contributed by atoms with Crippen molar-refractivity contribution in [3.05, 3.63) is 48.1 Å². The molecule has 2 aromatic rings. The number of nitrogens with zero attached hydrogens (tertiary/aromatic N) is 3. The molecule has 0 radical (unpaired) electrons. The molecule has 0 aliphatic carbocycles. The van der Waals surface area contributed by atoms with Crippen molar-refractivity contribution in [2.75, 3.05) is 6.61 Å². The molecule has 0 saturated heterocycles. The average Bonchev–Trinajstić information content (AvgIpc) is 2.52. The summed E-state index contributed by atoms with van der Waals surface area (Å²) in [5, 5.41) is 0. The third-order valence-electron chi connectivity index (χ3n) is 2.89. The minimum Gasteiger partial charge on any atom is -0.492 e. The second-order valence-electron chi connectivity index (χ2n) is 4.45. The molecular formula is C16H17N3O. The Balaban J connectivity index is 2.02. The zero-order valence-corrected chi connectivity index (χ0v) is 11.5. The number of ether oxygens (including phenoxy) is 1. The maximum Gasteiger partial charge on any atom is 0.190 e. The van der Waals surface area contributed by atoms with Gasteiger partial charge in [0.05, 0.1) is 30.8 Å². The van der Waals surface area contributed by atoms with Crippen molar-refractivity contribution in [1.82, 2.24) is 9.97 Å². The van der Waals surface area contributed by atoms with Crippen LogP contribution in [0, 0.1) is 6.57 Å². The topological polar surface area (TPSA) is 39.4 Å². The van der Waals surface area contributed by atoms with Gasteiger partial charge in [-0.2, -0.15) is 0 Å². The van der Waals surface area contributed by atoms with E-state index in [0.717, 1.165) is 24.5 Å². The fourth-order valence-corrected chi connectivity index (χ4v) is 1.79. The van der Waals surface area contributed by atoms with E-state index in [9.17, 15) is 0 Å². The van der Waals surface area contributed by atoms with Crippen molar-refractivity contribution in [2.45, 2.75) is 26.2 Å². The van der Waals surface area contributed by atoms with Crippen LogP contribution in [-0.2, 0) is 0 Å². The molecule has 0 unspecified atom stereocenters. The minimum atomic E-state index is 0.566. The van der Waals surface area contributed by atoms with Gasteiger partial charge in [0, 0.05) is 6.20 Å². The first kappa shape index (κ1) is 14.0. The maximum atomic E-state index is 7.00. The molecule has 0 aromatic carbocycles. The van der Waals surface area contributed by atoms with Gasteiger partial charge in [0.2, 0.25) is 0 Å². The Bertz CT molecular complexity index is 587. The zero-order valence-electron chi connectivity index (χ0n) is 11.5. The van der Waals surface area contributed by atoms with Crippen LogP contribution >= 0.6 is 0 Å². The predicted molar refractivity (Wildman–Crippen MR) is 78.8 cm³/mol. The lowest BCUT2D eigenvalue weighted by molar-refractivity contribution is 0.305. The Kier molecular flexibility index (Phi) is 5.08. The van der Waals surface area contributed by atoms with Gasteiger partial charge in [-0.3, -0.25) is 9.97 Å². The Morgan fingerprint density at radius 2 is 2.05 bits per heavy atom. The highest BCUT2D eigenvalue weighted by molar-refractivity contribution is 5.61. The summed E-state index contributed by atoms with van der Waals surface area (Å²) in [5.74, 6) is 0.770. The second-order valence-corrected chi connectivity index (χ2v) is 4.45. The van der Waals surface area contributed by atoms with Crippen LogP contribution in [-0.4, -0.2) is 16.6 Å². The summed E-state index contributed by atoms with van der Waals surface area (Å²) in [6.45, 7) is 9.89. The van der Waals surface area contributed by atoms with E-state index in [4.69, 9.17) is 11.3 Å². The lowest BCUT2D eigenvalue weighted by Gasteiger charge is -2.06. The Morgan fingerprint density at radius 3 is 2.75 bits per heavy atom. The van der Waals surface area contributed by atoms with Gasteiger partial charge in [0.1, 0.15) is 5.75 Å². The third kappa shape index (κ3) is 3.79. The van der Waals surface area contributed by atoms with E-state index >= 15 is 0 Å². The molecule has 4 heteroatoms. The second kappa shape index (κ2) is 7.25. The van der Waals surface area contributed by atoms with Crippen molar-refractivity contribution >= 4 is 5.69 Å². The van der Waals surface area contributed by atoms with Crippen LogP contribution in [0.4, 0.5) is 5.69 Å². The van der Waals surface area contributed by atoms with Gasteiger partial charge >= 0.3 is 0 Å². The number of unbranched alkanes of at least 4 members (excludes halogenated alkanes) is 2. The SMILES string of the molecule is [C-]#[N+]c1ccnc(-c2ccc(OCCCCC)cn2)c1. The molecule has 0 amide bonds. The first-order chi connectivity index (χ1) is 9.83. The molecule has 2 heterocycles. The minimum absolute atomic E-state index is 0.566. The van der Waals surface area contributed by atoms with E-state index in [2.05, 4.69) is 21.7 Å². The molecule has 0 bridgehead atoms. The summed E-state index contributed by atoms with van der Waals surface area (Å²) in [6.07, 6.45) is 6.75. The molecular weight excluding hydrogens is 250 g/mol. The summed E-state index contributed by atoms with van der Waals surface area (Å²) in [6, 6.07) is 7.17. The van der Waals surface area contributed by atoms with Crippen LogP contribution in [0.5, 0.6) is 5.75 Å². The van der Waals surface area contributed by atoms with Crippen LogP contribution in [0.25, 0.3) is 16.2 Å². The normalized spacial score (nSPS) is 10.0. The van der Waals surface area contributed by atoms with Crippen molar-refractivity contribution in [3.8, 4) is 17.1 Å². The molecule has 0 saturated carbocycles. The maximum absolute atomic E-state index is 7.00. The molecule has 0 atom stereocenters. The van der Waals surface area contributed by atoms with E-state index in [1.807, 2.05) is 12.1 Å². The lowest BCUT2D eigenvalue weighted by atomic mass is 10.2. The summed E-state index contributed by atoms with van der Waals surface area (Å²) in [4.78, 5) is 11.9. The number of hydrogen-bond acceptors (Lipinski definition) is 3. The van der Waals surface area contributed by atoms with Crippen LogP contribution in [0.1, 0.15) is 26.2 Å². The Morgan fingerprint density at radius 1 is 1.15 bits per heavy atom. The highest BCUT2D eigenvalue weighted by Crippen LogP contribution is 2.21. The van der Waals surface area contributed by atoms with E-state index < -0.39 is 0 Å². The van der Waals surface area contributed by atoms with Crippen LogP contribution in [0.15, 0.2) is 36.7 Å². The van der Waals surface area contributed by atoms with Gasteiger partial charge in [-0.1, -0.05) is 19.8 Å². The third-order valence-corrected chi connectivity index (χ3v) is 2.89. The van der Waals surface area contributed by atoms with Crippen LogP contribution in [0.3, 0.4) is 0 Å². The quantitative estimate of drug-likeness (QED) is 0.579. The van der Waals surface area contributed by atoms with E-state index in [-0.39, 0.29) is 0 Å². The summed E-state index contributed by atoms with van der Waals surface area (Å²) >= 11 is 0. The Labute approximate surface area is 119 Å². The monoisotopic (exact) mass is 267 g/mol. The smallest absolute Gasteiger partial charge is 0.190 e. The fraction of sp³-hybridized carbons (Fsp3) is 0.312. The van der Waals surface area contributed by atoms with E-state index in [1.165, 1.54) is 12.8 Å². The lowest BCUT2D eigenvalue weighted by Crippen LogP contribution is -1.97. The van der Waals surface area contributed by atoms with Gasteiger partial charge in [-0.05, 0) is 30.7 Å². The highest BCUT2D eigenvalue weighted by Gasteiger charge is 2.03. The van der Waals surface area contributed by atoms with E-state index in [1.54, 1.807) is 24.5 Å². The molecule has 20 heavy (non-hydrogen) atoms. The van der Waals surface area contributed by atoms with Crippen LogP contribution < -0.4 is 4.74 Å². The number of aromatic nitrogens is 2. The first-order valence-corrected chi connectivity index (χ1v) is 6.76. The summed E-state index contributed by atoms with van der Waals surface area (Å²) < 4.78 is 5.61. The molecule has 102 valence electrons. The molecule has 0 aliphatic heterocycles. The van der Waals surface area contributed by atoms with E-state index in [0.29, 0.717) is 11.4 Å². The fourth-order valence-electron chi connectivity index (χ4n) is 1.79. The number of rotatable bonds is 6. The van der Waals surface area contributed by atoms with Crippen molar-refractivity contribution in [1.29, 1.82) is 0 Å². The van der Waals surface area contributed by atoms with Crippen molar-refractivity contribution in [2.24, 2.45) is 0 Å². The molecule has 0 N–H and O–H groups in total. The Hall–Kier alpha value is -2.41. The van der Waals surface area contributed by atoms with Gasteiger partial charge in [-0.15, -0.1) is 0 Å². The average molecular weight is 267 g/mol. The molecule has 4 nitrogen and oxygen atoms in total. The largest absolute Gasteiger partial charge is 0.492 e. The molecule has 2 rings (SSSR count). The standard InChI is InChI=1S/C16H17N3O/c1-3-4-5-10-20-14-6-7-15(19-12-14)16-11-13(17-2)8-9-18-16/h6-9,11-12H,3-5,10H2,1H3. The molecule has 0 spiro atoms. The summed E-state index contributed by atoms with van der Waals surface area (Å²) in [7, 11) is 0. The zero-order chi connectivity index (χ0) is 14.2. The predicted octanol–water partition coefficient (Wildman–Crippen LogP) is 4.26. The van der Waals surface area contributed by atoms with Crippen molar-refractivity contribution in [3.63, 3.8) is 0 Å². The molecule has 0 fully saturated rings. The van der Waals surface area contributed by atoms with Crippen molar-refractivity contribution < 1.29 is 4.74 Å². The van der Waals surface area contributed by atoms with Gasteiger partial charge in [0.15, 0.2) is 5.69 Å². The highest BCUT2D eigenvalue weighted by atomic mass is 16.5. The van der Waals surface area contributed by atoms with Gasteiger partial charge < -0.3 is 4.74 Å². The number of hydrogen-bond donors (Lipinski definition) is 0. The van der Waals surface area contributed by atoms with Gasteiger partial charge in [-0.25, -0.2) is 4.85 Å². The number of pyridine rings is 2. The molecule has 2 aromatic heterocycles.